The predicted octanol–water partition coefficient (Wildman–Crippen LogP) is 1.96. The Labute approximate surface area is 121 Å². The predicted molar refractivity (Wildman–Crippen MR) is 77.6 cm³/mol. The molecule has 108 valence electrons. The molecule has 0 radical (unpaired) electrons. The minimum atomic E-state index is -0.556. The van der Waals surface area contributed by atoms with Gasteiger partial charge in [-0.2, -0.15) is 5.10 Å². The van der Waals surface area contributed by atoms with E-state index in [1.807, 2.05) is 0 Å². The van der Waals surface area contributed by atoms with Crippen molar-refractivity contribution in [1.82, 2.24) is 5.43 Å². The maximum atomic E-state index is 11.9. The molecule has 0 aliphatic heterocycles. The summed E-state index contributed by atoms with van der Waals surface area (Å²) in [5.41, 5.74) is 3.71. The molecule has 0 aliphatic rings. The molecule has 6 heteroatoms. The van der Waals surface area contributed by atoms with Crippen LogP contribution in [0.4, 0.5) is 0 Å². The number of hydrogen-bond donors (Lipinski definition) is 4. The van der Waals surface area contributed by atoms with Gasteiger partial charge in [-0.15, -0.1) is 0 Å². The third-order valence-electron chi connectivity index (χ3n) is 2.77. The van der Waals surface area contributed by atoms with Gasteiger partial charge in [0.15, 0.2) is 0 Å². The summed E-state index contributed by atoms with van der Waals surface area (Å²) in [5, 5.41) is 31.8. The molecule has 0 bridgehead atoms. The fraction of sp³-hybridized carbons (Fsp3) is 0.0667. The molecule has 2 aromatic rings. The highest BCUT2D eigenvalue weighted by Gasteiger charge is 2.08. The summed E-state index contributed by atoms with van der Waals surface area (Å²) in [6.07, 6.45) is 0. The van der Waals surface area contributed by atoms with Crippen molar-refractivity contribution in [3.8, 4) is 17.2 Å². The van der Waals surface area contributed by atoms with Gasteiger partial charge in [-0.3, -0.25) is 4.79 Å². The molecule has 0 saturated carbocycles. The number of nitrogens with one attached hydrogen (secondary N) is 1. The Balaban J connectivity index is 2.12. The van der Waals surface area contributed by atoms with Crippen molar-refractivity contribution in [2.75, 3.05) is 0 Å². The maximum absolute atomic E-state index is 11.9. The van der Waals surface area contributed by atoms with Crippen LogP contribution in [0, 0.1) is 0 Å². The minimum Gasteiger partial charge on any atom is -0.508 e. The van der Waals surface area contributed by atoms with E-state index in [-0.39, 0.29) is 22.8 Å². The summed E-state index contributed by atoms with van der Waals surface area (Å²) >= 11 is 0. The van der Waals surface area contributed by atoms with Crippen molar-refractivity contribution in [1.29, 1.82) is 0 Å². The summed E-state index contributed by atoms with van der Waals surface area (Å²) in [4.78, 5) is 11.9. The van der Waals surface area contributed by atoms with E-state index in [0.29, 0.717) is 5.71 Å². The van der Waals surface area contributed by atoms with Crippen LogP contribution in [0.3, 0.4) is 0 Å². The Morgan fingerprint density at radius 1 is 0.905 bits per heavy atom. The van der Waals surface area contributed by atoms with E-state index in [2.05, 4.69) is 10.5 Å². The largest absolute Gasteiger partial charge is 0.508 e. The van der Waals surface area contributed by atoms with Crippen molar-refractivity contribution < 1.29 is 20.1 Å². The lowest BCUT2D eigenvalue weighted by Crippen LogP contribution is -2.19. The molecule has 2 rings (SSSR count). The maximum Gasteiger partial charge on any atom is 0.271 e. The number of carbonyl (C=O) groups excluding carboxylic acids is 1. The number of amides is 1. The van der Waals surface area contributed by atoms with Gasteiger partial charge in [0.2, 0.25) is 0 Å². The molecule has 21 heavy (non-hydrogen) atoms. The smallest absolute Gasteiger partial charge is 0.271 e. The summed E-state index contributed by atoms with van der Waals surface area (Å²) < 4.78 is 0. The number of aromatic hydroxyl groups is 3. The van der Waals surface area contributed by atoms with Crippen LogP contribution in [0.15, 0.2) is 47.6 Å². The molecule has 0 fully saturated rings. The SMILES string of the molecule is C/C(=N/NC(=O)c1cc(O)cc(O)c1)c1ccc(O)cc1. The van der Waals surface area contributed by atoms with Crippen LogP contribution in [0.1, 0.15) is 22.8 Å². The molecule has 1 amide bonds. The fourth-order valence-corrected chi connectivity index (χ4v) is 1.69. The number of hydrogen-bond acceptors (Lipinski definition) is 5. The van der Waals surface area contributed by atoms with Gasteiger partial charge in [-0.05, 0) is 48.9 Å². The van der Waals surface area contributed by atoms with Gasteiger partial charge in [0.1, 0.15) is 17.2 Å². The van der Waals surface area contributed by atoms with Gasteiger partial charge < -0.3 is 15.3 Å². The van der Waals surface area contributed by atoms with Crippen LogP contribution in [-0.4, -0.2) is 26.9 Å². The second kappa shape index (κ2) is 5.96. The molecule has 0 heterocycles. The normalized spacial score (nSPS) is 11.2. The van der Waals surface area contributed by atoms with E-state index in [9.17, 15) is 20.1 Å². The van der Waals surface area contributed by atoms with Crippen molar-refractivity contribution in [2.45, 2.75) is 6.92 Å². The topological polar surface area (TPSA) is 102 Å². The summed E-state index contributed by atoms with van der Waals surface area (Å²) in [5.74, 6) is -0.830. The van der Waals surface area contributed by atoms with E-state index < -0.39 is 5.91 Å². The zero-order valence-electron chi connectivity index (χ0n) is 11.2. The molecular weight excluding hydrogens is 272 g/mol. The minimum absolute atomic E-state index is 0.0924. The van der Waals surface area contributed by atoms with Crippen LogP contribution in [-0.2, 0) is 0 Å². The van der Waals surface area contributed by atoms with Crippen LogP contribution in [0.5, 0.6) is 17.2 Å². The van der Waals surface area contributed by atoms with Crippen LogP contribution < -0.4 is 5.43 Å². The summed E-state index contributed by atoms with van der Waals surface area (Å²) in [7, 11) is 0. The van der Waals surface area contributed by atoms with Gasteiger partial charge in [-0.25, -0.2) is 5.43 Å². The zero-order chi connectivity index (χ0) is 15.4. The first kappa shape index (κ1) is 14.4. The summed E-state index contributed by atoms with van der Waals surface area (Å²) in [6, 6.07) is 9.94. The molecule has 0 aliphatic carbocycles. The number of benzene rings is 2. The second-order valence-electron chi connectivity index (χ2n) is 4.42. The molecule has 6 nitrogen and oxygen atoms in total. The summed E-state index contributed by atoms with van der Waals surface area (Å²) in [6.45, 7) is 1.70. The van der Waals surface area contributed by atoms with E-state index >= 15 is 0 Å². The molecule has 0 aromatic heterocycles. The third kappa shape index (κ3) is 3.73. The van der Waals surface area contributed by atoms with Gasteiger partial charge in [0.25, 0.3) is 5.91 Å². The Kier molecular flexibility index (Phi) is 4.08. The molecular formula is C15H14N2O4. The van der Waals surface area contributed by atoms with Crippen LogP contribution >= 0.6 is 0 Å². The van der Waals surface area contributed by atoms with Crippen LogP contribution in [0.2, 0.25) is 0 Å². The molecule has 0 atom stereocenters. The first-order valence-electron chi connectivity index (χ1n) is 6.13. The highest BCUT2D eigenvalue weighted by Crippen LogP contribution is 2.20. The number of rotatable bonds is 3. The average molecular weight is 286 g/mol. The van der Waals surface area contributed by atoms with Gasteiger partial charge >= 0.3 is 0 Å². The standard InChI is InChI=1S/C15H14N2O4/c1-9(10-2-4-12(18)5-3-10)16-17-15(21)11-6-13(19)8-14(20)7-11/h2-8,18-20H,1H3,(H,17,21)/b16-9-. The first-order chi connectivity index (χ1) is 9.95. The second-order valence-corrected chi connectivity index (χ2v) is 4.42. The number of hydrazone groups is 1. The Hall–Kier alpha value is -3.02. The highest BCUT2D eigenvalue weighted by atomic mass is 16.3. The molecule has 2 aromatic carbocycles. The number of carbonyl (C=O) groups is 1. The Morgan fingerprint density at radius 2 is 1.48 bits per heavy atom. The molecule has 0 saturated heterocycles. The molecule has 4 N–H and O–H groups in total. The third-order valence-corrected chi connectivity index (χ3v) is 2.77. The number of nitrogens with zero attached hydrogens (tertiary/aromatic N) is 1. The Bertz CT molecular complexity index is 673. The van der Waals surface area contributed by atoms with Crippen molar-refractivity contribution in [3.05, 3.63) is 53.6 Å². The average Bonchev–Trinajstić information content (AvgIpc) is 2.44. The first-order valence-corrected chi connectivity index (χ1v) is 6.13. The van der Waals surface area contributed by atoms with E-state index in [0.717, 1.165) is 11.6 Å². The lowest BCUT2D eigenvalue weighted by atomic mass is 10.1. The van der Waals surface area contributed by atoms with Crippen molar-refractivity contribution in [3.63, 3.8) is 0 Å². The van der Waals surface area contributed by atoms with Crippen LogP contribution in [0.25, 0.3) is 0 Å². The van der Waals surface area contributed by atoms with Gasteiger partial charge in [0.05, 0.1) is 5.71 Å². The lowest BCUT2D eigenvalue weighted by molar-refractivity contribution is 0.0954. The zero-order valence-corrected chi connectivity index (χ0v) is 11.2. The lowest BCUT2D eigenvalue weighted by Gasteiger charge is -2.04. The van der Waals surface area contributed by atoms with E-state index in [1.165, 1.54) is 24.3 Å². The molecule has 0 spiro atoms. The van der Waals surface area contributed by atoms with Crippen molar-refractivity contribution >= 4 is 11.6 Å². The number of phenolic OH excluding ortho intramolecular Hbond substituents is 3. The van der Waals surface area contributed by atoms with E-state index in [4.69, 9.17) is 0 Å². The number of phenols is 3. The monoisotopic (exact) mass is 286 g/mol. The quantitative estimate of drug-likeness (QED) is 0.511. The Morgan fingerprint density at radius 3 is 2.05 bits per heavy atom. The van der Waals surface area contributed by atoms with E-state index in [1.54, 1.807) is 19.1 Å². The molecule has 0 unspecified atom stereocenters. The highest BCUT2D eigenvalue weighted by molar-refractivity contribution is 6.01. The van der Waals surface area contributed by atoms with Crippen molar-refractivity contribution in [2.24, 2.45) is 5.10 Å². The van der Waals surface area contributed by atoms with Gasteiger partial charge in [0, 0.05) is 11.6 Å². The van der Waals surface area contributed by atoms with Gasteiger partial charge in [-0.1, -0.05) is 0 Å². The fourth-order valence-electron chi connectivity index (χ4n) is 1.69.